The molecule has 6 aromatic carbocycles. The summed E-state index contributed by atoms with van der Waals surface area (Å²) in [5.41, 5.74) is 19.0. The van der Waals surface area contributed by atoms with Crippen LogP contribution in [0.2, 0.25) is 0 Å². The zero-order chi connectivity index (χ0) is 38.1. The Morgan fingerprint density at radius 1 is 0.569 bits per heavy atom. The van der Waals surface area contributed by atoms with Gasteiger partial charge in [0.15, 0.2) is 0 Å². The largest absolute Gasteiger partial charge is 0.468 e. The maximum atomic E-state index is 7.40. The van der Waals surface area contributed by atoms with E-state index in [2.05, 4.69) is 157 Å². The molecular weight excluding hydrogens is 707 g/mol. The first kappa shape index (κ1) is 32.1. The fourth-order valence-corrected chi connectivity index (χ4v) is 13.7. The van der Waals surface area contributed by atoms with Crippen molar-refractivity contribution in [3.8, 4) is 11.1 Å². The summed E-state index contributed by atoms with van der Waals surface area (Å²) in [5.74, 6) is 2.50. The summed E-state index contributed by atoms with van der Waals surface area (Å²) in [6.07, 6.45) is 8.17. The molecule has 0 spiro atoms. The van der Waals surface area contributed by atoms with Crippen LogP contribution >= 0.6 is 0 Å². The van der Waals surface area contributed by atoms with Gasteiger partial charge >= 0.3 is 6.71 Å². The molecule has 0 unspecified atom stereocenters. The number of hydrogen-bond donors (Lipinski definition) is 0. The van der Waals surface area contributed by atoms with Gasteiger partial charge < -0.3 is 18.6 Å². The smallest absolute Gasteiger partial charge is 0.342 e. The standard InChI is InChI=1S/C53H43BN2O2/c1-52(2)39-19-11-9-17-37(39)45-40(52)21-22-44-46(45)49-51(58-44)54-47-41(55(35-13-5-3-6-14-35)48-38-18-10-12-20-43(38)57-50(48)54)26-34(27-42(47)56(49)36-15-7-4-8-16-36)53-28-31-23-32(29-53)25-33(24-31)30-53/h3-22,26-27,31-33H,23-25,28-30H2,1-2H3. The average Bonchev–Trinajstić information content (AvgIpc) is 3.89. The van der Waals surface area contributed by atoms with E-state index < -0.39 is 0 Å². The van der Waals surface area contributed by atoms with Crippen molar-refractivity contribution in [3.05, 3.63) is 150 Å². The molecule has 5 heteroatoms. The van der Waals surface area contributed by atoms with E-state index in [1.54, 1.807) is 0 Å². The highest BCUT2D eigenvalue weighted by Gasteiger charge is 2.55. The van der Waals surface area contributed by atoms with Gasteiger partial charge in [-0.2, -0.15) is 0 Å². The molecule has 4 saturated carbocycles. The molecule has 4 fully saturated rings. The zero-order valence-electron chi connectivity index (χ0n) is 33.0. The van der Waals surface area contributed by atoms with Crippen molar-refractivity contribution in [2.24, 2.45) is 17.8 Å². The molecule has 4 bridgehead atoms. The predicted octanol–water partition coefficient (Wildman–Crippen LogP) is 12.0. The lowest BCUT2D eigenvalue weighted by Crippen LogP contribution is -2.60. The van der Waals surface area contributed by atoms with E-state index in [0.29, 0.717) is 0 Å². The molecule has 4 heterocycles. The summed E-state index contributed by atoms with van der Waals surface area (Å²) in [6, 6.07) is 49.6. The van der Waals surface area contributed by atoms with Crippen LogP contribution < -0.4 is 26.6 Å². The minimum absolute atomic E-state index is 0.139. The fourth-order valence-electron chi connectivity index (χ4n) is 13.7. The monoisotopic (exact) mass is 750 g/mol. The molecule has 15 rings (SSSR count). The van der Waals surface area contributed by atoms with Crippen LogP contribution in [-0.4, -0.2) is 6.71 Å². The Balaban J connectivity index is 1.15. The van der Waals surface area contributed by atoms with Gasteiger partial charge in [-0.25, -0.2) is 0 Å². The predicted molar refractivity (Wildman–Crippen MR) is 237 cm³/mol. The molecular formula is C53H43BN2O2. The summed E-state index contributed by atoms with van der Waals surface area (Å²) in [6.45, 7) is 4.52. The van der Waals surface area contributed by atoms with Gasteiger partial charge in [-0.1, -0.05) is 92.7 Å². The lowest BCUT2D eigenvalue weighted by atomic mass is 9.37. The number of anilines is 6. The molecule has 0 atom stereocenters. The molecule has 8 aromatic rings. The number of para-hydroxylation sites is 3. The van der Waals surface area contributed by atoms with Gasteiger partial charge in [0.25, 0.3) is 0 Å². The topological polar surface area (TPSA) is 32.8 Å². The Kier molecular flexibility index (Phi) is 6.06. The molecule has 7 aliphatic rings. The van der Waals surface area contributed by atoms with Gasteiger partial charge in [-0.05, 0) is 150 Å². The lowest BCUT2D eigenvalue weighted by Gasteiger charge is -2.57. The number of furan rings is 2. The first-order valence-electron chi connectivity index (χ1n) is 21.6. The molecule has 4 nitrogen and oxygen atoms in total. The van der Waals surface area contributed by atoms with Crippen LogP contribution in [0, 0.1) is 17.8 Å². The molecule has 2 aliphatic heterocycles. The lowest BCUT2D eigenvalue weighted by molar-refractivity contribution is -0.00514. The van der Waals surface area contributed by atoms with Gasteiger partial charge in [0.1, 0.15) is 22.5 Å². The van der Waals surface area contributed by atoms with Gasteiger partial charge in [0.2, 0.25) is 0 Å². The van der Waals surface area contributed by atoms with Crippen molar-refractivity contribution >= 4 is 79.6 Å². The maximum absolute atomic E-state index is 7.40. The maximum Gasteiger partial charge on any atom is 0.342 e. The first-order valence-corrected chi connectivity index (χ1v) is 21.6. The second-order valence-corrected chi connectivity index (χ2v) is 19.1. The summed E-state index contributed by atoms with van der Waals surface area (Å²) < 4.78 is 14.6. The van der Waals surface area contributed by atoms with Crippen LogP contribution in [0.4, 0.5) is 34.1 Å². The van der Waals surface area contributed by atoms with E-state index in [4.69, 9.17) is 8.83 Å². The first-order chi connectivity index (χ1) is 28.4. The second-order valence-electron chi connectivity index (χ2n) is 19.1. The van der Waals surface area contributed by atoms with Gasteiger partial charge in [0.05, 0.1) is 16.8 Å². The Morgan fingerprint density at radius 3 is 1.83 bits per heavy atom. The number of nitrogens with zero attached hydrogens (tertiary/aromatic N) is 2. The Morgan fingerprint density at radius 2 is 1.14 bits per heavy atom. The number of rotatable bonds is 3. The average molecular weight is 751 g/mol. The third-order valence-electron chi connectivity index (χ3n) is 15.6. The van der Waals surface area contributed by atoms with Crippen molar-refractivity contribution in [1.82, 2.24) is 0 Å². The van der Waals surface area contributed by atoms with Crippen LogP contribution in [0.15, 0.2) is 142 Å². The number of benzene rings is 6. The summed E-state index contributed by atoms with van der Waals surface area (Å²) in [7, 11) is 0. The quantitative estimate of drug-likeness (QED) is 0.168. The Bertz CT molecular complexity index is 3010. The third-order valence-corrected chi connectivity index (χ3v) is 15.6. The van der Waals surface area contributed by atoms with Crippen LogP contribution in [-0.2, 0) is 10.8 Å². The molecule has 280 valence electrons. The minimum atomic E-state index is -0.236. The van der Waals surface area contributed by atoms with Crippen molar-refractivity contribution in [2.75, 3.05) is 9.80 Å². The van der Waals surface area contributed by atoms with E-state index in [0.717, 1.165) is 68.4 Å². The van der Waals surface area contributed by atoms with E-state index in [-0.39, 0.29) is 17.5 Å². The van der Waals surface area contributed by atoms with Gasteiger partial charge in [-0.15, -0.1) is 0 Å². The summed E-state index contributed by atoms with van der Waals surface area (Å²) in [5, 5.41) is 2.33. The van der Waals surface area contributed by atoms with Crippen molar-refractivity contribution in [1.29, 1.82) is 0 Å². The molecule has 5 aliphatic carbocycles. The molecule has 0 amide bonds. The van der Waals surface area contributed by atoms with E-state index in [1.807, 2.05) is 0 Å². The summed E-state index contributed by atoms with van der Waals surface area (Å²) in [4.78, 5) is 5.12. The van der Waals surface area contributed by atoms with Crippen LogP contribution in [0.1, 0.15) is 69.1 Å². The third kappa shape index (κ3) is 3.98. The molecule has 0 radical (unpaired) electrons. The van der Waals surface area contributed by atoms with Crippen LogP contribution in [0.5, 0.6) is 0 Å². The molecule has 0 N–H and O–H groups in total. The van der Waals surface area contributed by atoms with E-state index >= 15 is 0 Å². The highest BCUT2D eigenvalue weighted by Crippen LogP contribution is 2.62. The van der Waals surface area contributed by atoms with E-state index in [9.17, 15) is 0 Å². The zero-order valence-corrected chi connectivity index (χ0v) is 33.0. The molecule has 0 saturated heterocycles. The van der Waals surface area contributed by atoms with Crippen LogP contribution in [0.25, 0.3) is 33.1 Å². The van der Waals surface area contributed by atoms with Crippen molar-refractivity contribution < 1.29 is 8.83 Å². The van der Waals surface area contributed by atoms with Gasteiger partial charge in [-0.3, -0.25) is 0 Å². The Hall–Kier alpha value is -5.94. The molecule has 2 aromatic heterocycles. The van der Waals surface area contributed by atoms with Crippen molar-refractivity contribution in [2.45, 2.75) is 63.2 Å². The number of hydrogen-bond acceptors (Lipinski definition) is 4. The fraction of sp³-hybridized carbons (Fsp3) is 0.245. The minimum Gasteiger partial charge on any atom is -0.468 e. The normalized spacial score (nSPS) is 23.9. The summed E-state index contributed by atoms with van der Waals surface area (Å²) >= 11 is 0. The van der Waals surface area contributed by atoms with Crippen LogP contribution in [0.3, 0.4) is 0 Å². The highest BCUT2D eigenvalue weighted by atomic mass is 16.3. The SMILES string of the molecule is CC1(C)c2ccccc2-c2c1ccc1oc3c(c21)N(c1ccccc1)c1cc(C24CC5CC(CC(C5)C2)C4)cc2c1B3c1oc3ccccc3c1N2c1ccccc1. The molecule has 58 heavy (non-hydrogen) atoms. The van der Waals surface area contributed by atoms with Crippen molar-refractivity contribution in [3.63, 3.8) is 0 Å². The van der Waals surface area contributed by atoms with Gasteiger partial charge in [0, 0.05) is 33.6 Å². The van der Waals surface area contributed by atoms with E-state index in [1.165, 1.54) is 88.6 Å². The highest BCUT2D eigenvalue weighted by molar-refractivity contribution is 6.99. The second kappa shape index (κ2) is 11.0. The number of fused-ring (bicyclic) bond motifs is 12. The Labute approximate surface area is 339 Å².